The second-order valence-electron chi connectivity index (χ2n) is 6.66. The maximum Gasteiger partial charge on any atom is 0.271 e. The van der Waals surface area contributed by atoms with Crippen LogP contribution in [0.4, 0.5) is 5.69 Å². The number of halogens is 1. The molecular weight excluding hydrogens is 476 g/mol. The number of rotatable bonds is 5. The van der Waals surface area contributed by atoms with Crippen LogP contribution in [0.3, 0.4) is 0 Å². The molecule has 0 bridgehead atoms. The molecule has 8 nitrogen and oxygen atoms in total. The third kappa shape index (κ3) is 4.17. The summed E-state index contributed by atoms with van der Waals surface area (Å²) < 4.78 is 39.7. The highest BCUT2D eigenvalue weighted by Crippen LogP contribution is 2.35. The smallest absolute Gasteiger partial charge is 0.271 e. The van der Waals surface area contributed by atoms with E-state index in [9.17, 15) is 18.5 Å². The fraction of sp³-hybridized carbons (Fsp3) is 0.200. The molecule has 0 N–H and O–H groups in total. The number of nitro benzene ring substituents is 1. The van der Waals surface area contributed by atoms with Crippen LogP contribution in [0.15, 0.2) is 64.0 Å². The summed E-state index contributed by atoms with van der Waals surface area (Å²) in [5.41, 5.74) is -0.322. The van der Waals surface area contributed by atoms with Crippen molar-refractivity contribution in [1.29, 1.82) is 0 Å². The van der Waals surface area contributed by atoms with Gasteiger partial charge < -0.3 is 9.47 Å². The zero-order valence-corrected chi connectivity index (χ0v) is 18.1. The van der Waals surface area contributed by atoms with E-state index in [1.54, 1.807) is 12.1 Å². The molecule has 1 aliphatic heterocycles. The van der Waals surface area contributed by atoms with Crippen molar-refractivity contribution in [2.45, 2.75) is 4.90 Å². The summed E-state index contributed by atoms with van der Waals surface area (Å²) >= 11 is 3.43. The highest BCUT2D eigenvalue weighted by Gasteiger charge is 2.31. The first-order valence-corrected chi connectivity index (χ1v) is 11.3. The molecule has 1 aliphatic rings. The molecular formula is C20H17BrN2O6S. The normalized spacial score (nSPS) is 15.2. The van der Waals surface area contributed by atoms with Gasteiger partial charge in [0.25, 0.3) is 5.69 Å². The largest absolute Gasteiger partial charge is 0.456 e. The van der Waals surface area contributed by atoms with Gasteiger partial charge in [0.05, 0.1) is 18.1 Å². The average Bonchev–Trinajstić information content (AvgIpc) is 2.74. The molecule has 0 atom stereocenters. The number of ether oxygens (including phenoxy) is 2. The lowest BCUT2D eigenvalue weighted by Gasteiger charge is -2.26. The maximum absolute atomic E-state index is 13.2. The van der Waals surface area contributed by atoms with Gasteiger partial charge >= 0.3 is 0 Å². The lowest BCUT2D eigenvalue weighted by atomic mass is 10.1. The van der Waals surface area contributed by atoms with Crippen LogP contribution in [-0.4, -0.2) is 43.9 Å². The minimum absolute atomic E-state index is 0.0311. The van der Waals surface area contributed by atoms with Crippen molar-refractivity contribution >= 4 is 42.4 Å². The molecule has 10 heteroatoms. The monoisotopic (exact) mass is 492 g/mol. The molecule has 0 aromatic heterocycles. The van der Waals surface area contributed by atoms with Gasteiger partial charge in [-0.15, -0.1) is 0 Å². The first-order chi connectivity index (χ1) is 14.3. The van der Waals surface area contributed by atoms with Crippen molar-refractivity contribution in [2.75, 3.05) is 26.3 Å². The molecule has 1 saturated heterocycles. The van der Waals surface area contributed by atoms with Crippen molar-refractivity contribution in [3.05, 3.63) is 69.2 Å². The Balaban J connectivity index is 1.75. The van der Waals surface area contributed by atoms with Crippen LogP contribution in [-0.2, 0) is 14.8 Å². The van der Waals surface area contributed by atoms with Gasteiger partial charge in [0.1, 0.15) is 16.4 Å². The Kier molecular flexibility index (Phi) is 5.74. The Labute approximate surface area is 181 Å². The van der Waals surface area contributed by atoms with Gasteiger partial charge in [-0.3, -0.25) is 10.1 Å². The molecule has 4 rings (SSSR count). The molecule has 0 saturated carbocycles. The lowest BCUT2D eigenvalue weighted by Crippen LogP contribution is -2.40. The van der Waals surface area contributed by atoms with Gasteiger partial charge in [-0.25, -0.2) is 8.42 Å². The minimum atomic E-state index is -4.00. The summed E-state index contributed by atoms with van der Waals surface area (Å²) in [5, 5.41) is 13.1. The van der Waals surface area contributed by atoms with Crippen LogP contribution < -0.4 is 4.74 Å². The minimum Gasteiger partial charge on any atom is -0.456 e. The first kappa shape index (κ1) is 20.7. The van der Waals surface area contributed by atoms with Gasteiger partial charge in [-0.2, -0.15) is 4.31 Å². The SMILES string of the molecule is O=[N+]([O-])c1ccc(Oc2ccc3cc(Br)ccc3c2)c(S(=O)(=O)N2CCOCC2)c1. The van der Waals surface area contributed by atoms with E-state index in [0.29, 0.717) is 5.75 Å². The van der Waals surface area contributed by atoms with Crippen LogP contribution in [0.5, 0.6) is 11.5 Å². The Bertz CT molecular complexity index is 1230. The average molecular weight is 493 g/mol. The Hall–Kier alpha value is -2.53. The molecule has 0 aliphatic carbocycles. The van der Waals surface area contributed by atoms with E-state index in [-0.39, 0.29) is 42.6 Å². The molecule has 0 radical (unpaired) electrons. The fourth-order valence-electron chi connectivity index (χ4n) is 3.21. The summed E-state index contributed by atoms with van der Waals surface area (Å²) in [4.78, 5) is 10.4. The van der Waals surface area contributed by atoms with Gasteiger partial charge in [-0.1, -0.05) is 28.1 Å². The first-order valence-electron chi connectivity index (χ1n) is 9.08. The molecule has 1 heterocycles. The van der Waals surface area contributed by atoms with Gasteiger partial charge in [0.15, 0.2) is 0 Å². The van der Waals surface area contributed by atoms with Crippen LogP contribution in [0.25, 0.3) is 10.8 Å². The van der Waals surface area contributed by atoms with E-state index < -0.39 is 14.9 Å². The molecule has 3 aromatic carbocycles. The summed E-state index contributed by atoms with van der Waals surface area (Å²) in [6.45, 7) is 0.889. The van der Waals surface area contributed by atoms with Gasteiger partial charge in [0.2, 0.25) is 10.0 Å². The quantitative estimate of drug-likeness (QED) is 0.388. The van der Waals surface area contributed by atoms with Crippen LogP contribution in [0.1, 0.15) is 0 Å². The molecule has 0 spiro atoms. The van der Waals surface area contributed by atoms with Crippen molar-refractivity contribution in [3.63, 3.8) is 0 Å². The molecule has 0 unspecified atom stereocenters. The van der Waals surface area contributed by atoms with Gasteiger partial charge in [-0.05, 0) is 41.1 Å². The predicted molar refractivity (Wildman–Crippen MR) is 114 cm³/mol. The lowest BCUT2D eigenvalue weighted by molar-refractivity contribution is -0.385. The Morgan fingerprint density at radius 3 is 2.43 bits per heavy atom. The van der Waals surface area contributed by atoms with Crippen LogP contribution in [0, 0.1) is 10.1 Å². The van der Waals surface area contributed by atoms with E-state index in [2.05, 4.69) is 15.9 Å². The fourth-order valence-corrected chi connectivity index (χ4v) is 5.13. The Morgan fingerprint density at radius 1 is 1.00 bits per heavy atom. The van der Waals surface area contributed by atoms with E-state index >= 15 is 0 Å². The summed E-state index contributed by atoms with van der Waals surface area (Å²) in [5.74, 6) is 0.459. The zero-order valence-electron chi connectivity index (χ0n) is 15.7. The van der Waals surface area contributed by atoms with Crippen molar-refractivity contribution in [3.8, 4) is 11.5 Å². The Morgan fingerprint density at radius 2 is 1.70 bits per heavy atom. The van der Waals surface area contributed by atoms with Gasteiger partial charge in [0, 0.05) is 29.7 Å². The standard InChI is InChI=1S/C20H17BrN2O6S/c21-16-3-1-15-12-18(5-2-14(15)11-16)29-19-6-4-17(23(24)25)13-20(19)30(26,27)22-7-9-28-10-8-22/h1-6,11-13H,7-10H2. The molecule has 30 heavy (non-hydrogen) atoms. The summed E-state index contributed by atoms with van der Waals surface area (Å²) in [6.07, 6.45) is 0. The predicted octanol–water partition coefficient (Wildman–Crippen LogP) is 4.32. The van der Waals surface area contributed by atoms with Crippen molar-refractivity contribution < 1.29 is 22.8 Å². The number of nitro groups is 1. The molecule has 156 valence electrons. The van der Waals surface area contributed by atoms with Crippen LogP contribution in [0.2, 0.25) is 0 Å². The van der Waals surface area contributed by atoms with E-state index in [0.717, 1.165) is 21.3 Å². The highest BCUT2D eigenvalue weighted by molar-refractivity contribution is 9.10. The molecule has 3 aromatic rings. The van der Waals surface area contributed by atoms with E-state index in [4.69, 9.17) is 9.47 Å². The third-order valence-electron chi connectivity index (χ3n) is 4.73. The molecule has 1 fully saturated rings. The maximum atomic E-state index is 13.2. The second kappa shape index (κ2) is 8.31. The van der Waals surface area contributed by atoms with E-state index in [1.807, 2.05) is 24.3 Å². The second-order valence-corrected chi connectivity index (χ2v) is 9.48. The number of hydrogen-bond acceptors (Lipinski definition) is 6. The number of non-ortho nitro benzene ring substituents is 1. The number of benzene rings is 3. The van der Waals surface area contributed by atoms with Crippen molar-refractivity contribution in [1.82, 2.24) is 4.31 Å². The summed E-state index contributed by atoms with van der Waals surface area (Å²) in [6, 6.07) is 14.7. The third-order valence-corrected chi connectivity index (χ3v) is 7.14. The topological polar surface area (TPSA) is 99.0 Å². The highest BCUT2D eigenvalue weighted by atomic mass is 79.9. The number of nitrogens with zero attached hydrogens (tertiary/aromatic N) is 2. The van der Waals surface area contributed by atoms with E-state index in [1.165, 1.54) is 16.4 Å². The zero-order chi connectivity index (χ0) is 21.3. The number of fused-ring (bicyclic) bond motifs is 1. The molecule has 0 amide bonds. The van der Waals surface area contributed by atoms with Crippen LogP contribution >= 0.6 is 15.9 Å². The van der Waals surface area contributed by atoms with Crippen molar-refractivity contribution in [2.24, 2.45) is 0 Å². The number of sulfonamides is 1. The number of morpholine rings is 1. The number of hydrogen-bond donors (Lipinski definition) is 0. The summed E-state index contributed by atoms with van der Waals surface area (Å²) in [7, 11) is -4.00.